The smallest absolute Gasteiger partial charge is 0.343 e. The van der Waals surface area contributed by atoms with Crippen LogP contribution in [0.3, 0.4) is 0 Å². The zero-order valence-electron chi connectivity index (χ0n) is 14.5. The molecule has 0 unspecified atom stereocenters. The molecule has 1 amide bonds. The van der Waals surface area contributed by atoms with Crippen LogP contribution in [0.1, 0.15) is 15.9 Å². The van der Waals surface area contributed by atoms with Crippen molar-refractivity contribution in [2.45, 2.75) is 0 Å². The van der Waals surface area contributed by atoms with E-state index >= 15 is 0 Å². The summed E-state index contributed by atoms with van der Waals surface area (Å²) in [6, 6.07) is 10.5. The second kappa shape index (κ2) is 10.3. The zero-order chi connectivity index (χ0) is 19.8. The Morgan fingerprint density at radius 2 is 2.00 bits per heavy atom. The van der Waals surface area contributed by atoms with Gasteiger partial charge in [-0.25, -0.2) is 10.2 Å². The van der Waals surface area contributed by atoms with Gasteiger partial charge in [-0.1, -0.05) is 12.1 Å². The fraction of sp³-hybridized carbons (Fsp3) is 0.167. The molecule has 2 aromatic rings. The number of nitrogens with one attached hydrogen (secondary N) is 1. The molecule has 0 aliphatic heterocycles. The first kappa shape index (κ1) is 21.2. The van der Waals surface area contributed by atoms with Crippen LogP contribution in [-0.2, 0) is 9.53 Å². The second-order valence-corrected chi connectivity index (χ2v) is 7.09. The number of esters is 1. The number of methoxy groups -OCH3 is 2. The van der Waals surface area contributed by atoms with Crippen LogP contribution in [0.5, 0.6) is 11.5 Å². The predicted molar refractivity (Wildman–Crippen MR) is 112 cm³/mol. The number of hydrazone groups is 1. The lowest BCUT2D eigenvalue weighted by molar-refractivity contribution is -0.142. The first-order valence-corrected chi connectivity index (χ1v) is 9.48. The molecule has 7 nitrogen and oxygen atoms in total. The lowest BCUT2D eigenvalue weighted by Gasteiger charge is -2.12. The molecule has 0 aliphatic carbocycles. The van der Waals surface area contributed by atoms with Gasteiger partial charge >= 0.3 is 5.97 Å². The summed E-state index contributed by atoms with van der Waals surface area (Å²) in [5, 5.41) is 3.97. The van der Waals surface area contributed by atoms with Crippen LogP contribution in [0.2, 0.25) is 0 Å². The van der Waals surface area contributed by atoms with Gasteiger partial charge in [0, 0.05) is 4.47 Å². The standard InChI is InChI=1S/C18H16BrIN2O5/c1-25-15-8-11(7-14(20)17(15)27-10-16(23)26-2)9-21-22-18(24)12-5-3-4-6-13(12)19/h3-9H,10H2,1-2H3,(H,22,24)/b21-9-. The fourth-order valence-corrected chi connectivity index (χ4v) is 3.26. The molecule has 0 fully saturated rings. The fourth-order valence-electron chi connectivity index (χ4n) is 2.02. The molecule has 0 atom stereocenters. The van der Waals surface area contributed by atoms with Gasteiger partial charge in [0.25, 0.3) is 5.91 Å². The van der Waals surface area contributed by atoms with E-state index < -0.39 is 5.97 Å². The van der Waals surface area contributed by atoms with Gasteiger partial charge in [-0.3, -0.25) is 4.79 Å². The van der Waals surface area contributed by atoms with E-state index in [0.29, 0.717) is 27.1 Å². The van der Waals surface area contributed by atoms with Crippen molar-refractivity contribution >= 4 is 56.6 Å². The molecule has 0 bridgehead atoms. The normalized spacial score (nSPS) is 10.5. The topological polar surface area (TPSA) is 86.2 Å². The van der Waals surface area contributed by atoms with Gasteiger partial charge in [-0.05, 0) is 68.3 Å². The summed E-state index contributed by atoms with van der Waals surface area (Å²) in [6.07, 6.45) is 1.49. The summed E-state index contributed by atoms with van der Waals surface area (Å²) in [7, 11) is 2.78. The molecule has 2 rings (SSSR count). The molecule has 2 aromatic carbocycles. The number of hydrogen-bond donors (Lipinski definition) is 1. The highest BCUT2D eigenvalue weighted by molar-refractivity contribution is 14.1. The maximum Gasteiger partial charge on any atom is 0.343 e. The van der Waals surface area contributed by atoms with Gasteiger partial charge in [0.1, 0.15) is 0 Å². The molecular formula is C18H16BrIN2O5. The minimum atomic E-state index is -0.492. The van der Waals surface area contributed by atoms with Crippen molar-refractivity contribution in [1.82, 2.24) is 5.43 Å². The Hall–Kier alpha value is -2.14. The van der Waals surface area contributed by atoms with Crippen LogP contribution in [0.4, 0.5) is 0 Å². The van der Waals surface area contributed by atoms with Crippen LogP contribution in [0, 0.1) is 3.57 Å². The molecule has 0 saturated heterocycles. The van der Waals surface area contributed by atoms with E-state index in [1.54, 1.807) is 30.3 Å². The van der Waals surface area contributed by atoms with Crippen molar-refractivity contribution in [1.29, 1.82) is 0 Å². The summed E-state index contributed by atoms with van der Waals surface area (Å²) in [6.45, 7) is -0.224. The van der Waals surface area contributed by atoms with Crippen LogP contribution >= 0.6 is 38.5 Å². The average molecular weight is 547 g/mol. The van der Waals surface area contributed by atoms with Crippen molar-refractivity contribution < 1.29 is 23.8 Å². The molecule has 27 heavy (non-hydrogen) atoms. The number of amides is 1. The number of halogens is 2. The zero-order valence-corrected chi connectivity index (χ0v) is 18.2. The van der Waals surface area contributed by atoms with Gasteiger partial charge in [0.2, 0.25) is 0 Å². The lowest BCUT2D eigenvalue weighted by Crippen LogP contribution is -2.18. The monoisotopic (exact) mass is 546 g/mol. The molecule has 0 heterocycles. The highest BCUT2D eigenvalue weighted by Gasteiger charge is 2.13. The van der Waals surface area contributed by atoms with E-state index in [1.165, 1.54) is 20.4 Å². The third kappa shape index (κ3) is 5.93. The first-order valence-electron chi connectivity index (χ1n) is 7.61. The Labute approximate surface area is 178 Å². The van der Waals surface area contributed by atoms with E-state index in [-0.39, 0.29) is 12.5 Å². The summed E-state index contributed by atoms with van der Waals surface area (Å²) in [5.74, 6) is 0.0361. The number of hydrogen-bond acceptors (Lipinski definition) is 6. The maximum absolute atomic E-state index is 12.1. The minimum Gasteiger partial charge on any atom is -0.493 e. The van der Waals surface area contributed by atoms with Crippen molar-refractivity contribution in [3.63, 3.8) is 0 Å². The van der Waals surface area contributed by atoms with E-state index in [4.69, 9.17) is 9.47 Å². The largest absolute Gasteiger partial charge is 0.493 e. The third-order valence-electron chi connectivity index (χ3n) is 3.31. The highest BCUT2D eigenvalue weighted by atomic mass is 127. The predicted octanol–water partition coefficient (Wildman–Crippen LogP) is 3.38. The summed E-state index contributed by atoms with van der Waals surface area (Å²) in [5.41, 5.74) is 3.64. The van der Waals surface area contributed by atoms with Crippen LogP contribution in [0.15, 0.2) is 46.0 Å². The van der Waals surface area contributed by atoms with Gasteiger partial charge in [0.15, 0.2) is 18.1 Å². The molecule has 0 saturated carbocycles. The van der Waals surface area contributed by atoms with E-state index in [0.717, 1.165) is 3.57 Å². The summed E-state index contributed by atoms with van der Waals surface area (Å²) in [4.78, 5) is 23.4. The van der Waals surface area contributed by atoms with Crippen LogP contribution in [-0.4, -0.2) is 38.9 Å². The Kier molecular flexibility index (Phi) is 8.04. The van der Waals surface area contributed by atoms with Crippen molar-refractivity contribution in [3.05, 3.63) is 55.6 Å². The molecular weight excluding hydrogens is 531 g/mol. The number of benzene rings is 2. The quantitative estimate of drug-likeness (QED) is 0.249. The Bertz CT molecular complexity index is 873. The number of carbonyl (C=O) groups is 2. The Morgan fingerprint density at radius 1 is 1.26 bits per heavy atom. The number of carbonyl (C=O) groups excluding carboxylic acids is 2. The SMILES string of the molecule is COC(=O)COc1c(I)cc(/C=N\NC(=O)c2ccccc2Br)cc1OC. The highest BCUT2D eigenvalue weighted by Crippen LogP contribution is 2.33. The molecule has 142 valence electrons. The van der Waals surface area contributed by atoms with Crippen molar-refractivity contribution in [2.75, 3.05) is 20.8 Å². The van der Waals surface area contributed by atoms with Crippen LogP contribution in [0.25, 0.3) is 0 Å². The van der Waals surface area contributed by atoms with E-state index in [2.05, 4.69) is 53.8 Å². The second-order valence-electron chi connectivity index (χ2n) is 5.08. The van der Waals surface area contributed by atoms with Gasteiger partial charge in [-0.15, -0.1) is 0 Å². The molecule has 1 N–H and O–H groups in total. The van der Waals surface area contributed by atoms with Crippen molar-refractivity contribution in [2.24, 2.45) is 5.10 Å². The van der Waals surface area contributed by atoms with Gasteiger partial charge < -0.3 is 14.2 Å². The van der Waals surface area contributed by atoms with E-state index in [9.17, 15) is 9.59 Å². The maximum atomic E-state index is 12.1. The average Bonchev–Trinajstić information content (AvgIpc) is 2.66. The summed E-state index contributed by atoms with van der Waals surface area (Å²) < 4.78 is 16.7. The van der Waals surface area contributed by atoms with Crippen molar-refractivity contribution in [3.8, 4) is 11.5 Å². The molecule has 0 aliphatic rings. The molecule has 0 radical (unpaired) electrons. The minimum absolute atomic E-state index is 0.224. The van der Waals surface area contributed by atoms with E-state index in [1.807, 2.05) is 6.07 Å². The summed E-state index contributed by atoms with van der Waals surface area (Å²) >= 11 is 5.38. The Morgan fingerprint density at radius 3 is 2.67 bits per heavy atom. The number of rotatable bonds is 7. The van der Waals surface area contributed by atoms with Gasteiger partial charge in [0.05, 0.1) is 29.6 Å². The third-order valence-corrected chi connectivity index (χ3v) is 4.80. The number of nitrogens with zero attached hydrogens (tertiary/aromatic N) is 1. The lowest BCUT2D eigenvalue weighted by atomic mass is 10.2. The number of ether oxygens (including phenoxy) is 3. The first-order chi connectivity index (χ1) is 13.0. The molecule has 9 heteroatoms. The van der Waals surface area contributed by atoms with Gasteiger partial charge in [-0.2, -0.15) is 5.10 Å². The Balaban J connectivity index is 2.11. The van der Waals surface area contributed by atoms with Crippen LogP contribution < -0.4 is 14.9 Å². The molecule has 0 spiro atoms. The molecule has 0 aromatic heterocycles.